The molecule has 0 amide bonds. The van der Waals surface area contributed by atoms with Gasteiger partial charge < -0.3 is 24.2 Å². The standard InChI is InChI=1S/C20H29ClN5O4P/c1-6-8-16(7-2)12-25(5)18-17-11-22-26(19(17)24-20(21)23-18)15(4)30-14(3)13-29-9-10-31(27)28/h6-8,11,14-15,27-28H,1-2,9-10,12-13H2,3-5H3/b16-8+. The molecule has 2 aromatic rings. The highest BCUT2D eigenvalue weighted by Crippen LogP contribution is 2.27. The van der Waals surface area contributed by atoms with Crippen molar-refractivity contribution < 1.29 is 19.3 Å². The summed E-state index contributed by atoms with van der Waals surface area (Å²) < 4.78 is 13.0. The first-order valence-corrected chi connectivity index (χ1v) is 11.5. The molecule has 0 aliphatic rings. The van der Waals surface area contributed by atoms with Crippen molar-refractivity contribution in [3.05, 3.63) is 48.4 Å². The number of likely N-dealkylation sites (N-methyl/N-ethyl adjacent to an activating group) is 1. The fraction of sp³-hybridized carbons (Fsp3) is 0.450. The summed E-state index contributed by atoms with van der Waals surface area (Å²) in [5.41, 5.74) is 1.54. The minimum Gasteiger partial charge on any atom is -0.378 e. The number of halogens is 1. The molecule has 2 heterocycles. The van der Waals surface area contributed by atoms with E-state index in [9.17, 15) is 0 Å². The van der Waals surface area contributed by atoms with Crippen LogP contribution in [0, 0.1) is 0 Å². The second-order valence-electron chi connectivity index (χ2n) is 6.90. The van der Waals surface area contributed by atoms with E-state index in [0.29, 0.717) is 24.6 Å². The third kappa shape index (κ3) is 7.35. The van der Waals surface area contributed by atoms with Crippen LogP contribution in [0.4, 0.5) is 5.82 Å². The van der Waals surface area contributed by atoms with Crippen LogP contribution in [-0.4, -0.2) is 68.6 Å². The van der Waals surface area contributed by atoms with Gasteiger partial charge >= 0.3 is 0 Å². The third-order valence-electron chi connectivity index (χ3n) is 4.34. The summed E-state index contributed by atoms with van der Waals surface area (Å²) in [7, 11) is -0.0405. The smallest absolute Gasteiger partial charge is 0.226 e. The van der Waals surface area contributed by atoms with Gasteiger partial charge in [-0.15, -0.1) is 0 Å². The zero-order valence-corrected chi connectivity index (χ0v) is 19.6. The highest BCUT2D eigenvalue weighted by Gasteiger charge is 2.20. The monoisotopic (exact) mass is 469 g/mol. The molecule has 0 radical (unpaired) electrons. The predicted octanol–water partition coefficient (Wildman–Crippen LogP) is 3.45. The fourth-order valence-corrected chi connectivity index (χ4v) is 3.41. The normalized spacial score (nSPS) is 14.1. The molecule has 0 saturated carbocycles. The molecule has 170 valence electrons. The van der Waals surface area contributed by atoms with Gasteiger partial charge in [-0.1, -0.05) is 31.4 Å². The summed E-state index contributed by atoms with van der Waals surface area (Å²) in [6.45, 7) is 12.4. The van der Waals surface area contributed by atoms with Gasteiger partial charge in [0.15, 0.2) is 14.0 Å². The highest BCUT2D eigenvalue weighted by atomic mass is 35.5. The lowest BCUT2D eigenvalue weighted by Crippen LogP contribution is -2.23. The number of hydrogen-bond acceptors (Lipinski definition) is 8. The second kappa shape index (κ2) is 12.2. The van der Waals surface area contributed by atoms with Gasteiger partial charge in [0.05, 0.1) is 30.9 Å². The number of ether oxygens (including phenoxy) is 2. The van der Waals surface area contributed by atoms with Crippen LogP contribution in [0.15, 0.2) is 43.2 Å². The van der Waals surface area contributed by atoms with Crippen LogP contribution >= 0.6 is 20.0 Å². The molecule has 0 fully saturated rings. The van der Waals surface area contributed by atoms with E-state index in [4.69, 9.17) is 30.9 Å². The Balaban J connectivity index is 2.17. The fourth-order valence-electron chi connectivity index (χ4n) is 2.96. The SMILES string of the molecule is C=C/C=C(\C=C)CN(C)c1nc(Cl)nc2c1cnn2C(C)OC(C)COCCP(O)O. The maximum Gasteiger partial charge on any atom is 0.226 e. The van der Waals surface area contributed by atoms with Gasteiger partial charge in [-0.2, -0.15) is 15.1 Å². The topological polar surface area (TPSA) is 106 Å². The number of aromatic nitrogens is 4. The first kappa shape index (κ1) is 25.4. The summed E-state index contributed by atoms with van der Waals surface area (Å²) >= 11 is 6.21. The number of anilines is 1. The van der Waals surface area contributed by atoms with E-state index >= 15 is 0 Å². The van der Waals surface area contributed by atoms with Gasteiger partial charge in [0.1, 0.15) is 12.0 Å². The Hall–Kier alpha value is -1.87. The van der Waals surface area contributed by atoms with E-state index in [2.05, 4.69) is 28.2 Å². The van der Waals surface area contributed by atoms with E-state index in [1.807, 2.05) is 31.9 Å². The lowest BCUT2D eigenvalue weighted by molar-refractivity contribution is -0.0723. The lowest BCUT2D eigenvalue weighted by atomic mass is 10.2. The van der Waals surface area contributed by atoms with Crippen LogP contribution in [0.1, 0.15) is 20.1 Å². The first-order chi connectivity index (χ1) is 14.8. The number of rotatable bonds is 13. The molecule has 0 aromatic carbocycles. The Morgan fingerprint density at radius 3 is 2.74 bits per heavy atom. The van der Waals surface area contributed by atoms with Gasteiger partial charge in [0.25, 0.3) is 0 Å². The highest BCUT2D eigenvalue weighted by molar-refractivity contribution is 7.45. The molecular formula is C20H29ClN5O4P. The molecule has 0 saturated heterocycles. The Bertz CT molecular complexity index is 920. The summed E-state index contributed by atoms with van der Waals surface area (Å²) in [5, 5.41) is 5.29. The molecule has 31 heavy (non-hydrogen) atoms. The van der Waals surface area contributed by atoms with Gasteiger partial charge in [-0.3, -0.25) is 0 Å². The molecule has 0 bridgehead atoms. The molecule has 0 aliphatic carbocycles. The predicted molar refractivity (Wildman–Crippen MR) is 124 cm³/mol. The summed E-state index contributed by atoms with van der Waals surface area (Å²) in [4.78, 5) is 28.5. The maximum absolute atomic E-state index is 8.92. The molecule has 0 aliphatic heterocycles. The van der Waals surface area contributed by atoms with Crippen LogP contribution in [0.3, 0.4) is 0 Å². The zero-order valence-electron chi connectivity index (χ0n) is 18.0. The zero-order chi connectivity index (χ0) is 23.0. The molecule has 0 spiro atoms. The van der Waals surface area contributed by atoms with Gasteiger partial charge in [-0.05, 0) is 31.0 Å². The van der Waals surface area contributed by atoms with Crippen LogP contribution in [-0.2, 0) is 9.47 Å². The molecule has 11 heteroatoms. The third-order valence-corrected chi connectivity index (χ3v) is 5.10. The Morgan fingerprint density at radius 1 is 1.35 bits per heavy atom. The first-order valence-electron chi connectivity index (χ1n) is 9.71. The van der Waals surface area contributed by atoms with Crippen molar-refractivity contribution in [1.29, 1.82) is 0 Å². The van der Waals surface area contributed by atoms with E-state index in [1.54, 1.807) is 23.0 Å². The number of allylic oxidation sites excluding steroid dienone is 2. The molecule has 2 N–H and O–H groups in total. The van der Waals surface area contributed by atoms with Crippen molar-refractivity contribution in [2.24, 2.45) is 0 Å². The summed E-state index contributed by atoms with van der Waals surface area (Å²) in [6, 6.07) is 0. The Labute approximate surface area is 188 Å². The number of hydrogen-bond donors (Lipinski definition) is 2. The summed E-state index contributed by atoms with van der Waals surface area (Å²) in [5.74, 6) is 0.645. The van der Waals surface area contributed by atoms with Crippen LogP contribution in [0.5, 0.6) is 0 Å². The van der Waals surface area contributed by atoms with Crippen LogP contribution in [0.2, 0.25) is 5.28 Å². The average molecular weight is 470 g/mol. The van der Waals surface area contributed by atoms with Gasteiger partial charge in [0.2, 0.25) is 5.28 Å². The average Bonchev–Trinajstić information content (AvgIpc) is 3.13. The lowest BCUT2D eigenvalue weighted by Gasteiger charge is -2.21. The Morgan fingerprint density at radius 2 is 2.10 bits per heavy atom. The van der Waals surface area contributed by atoms with Crippen molar-refractivity contribution >= 4 is 36.8 Å². The molecular weight excluding hydrogens is 441 g/mol. The van der Waals surface area contributed by atoms with Crippen molar-refractivity contribution in [3.8, 4) is 0 Å². The summed E-state index contributed by atoms with van der Waals surface area (Å²) in [6.07, 6.45) is 6.59. The van der Waals surface area contributed by atoms with Crippen molar-refractivity contribution in [2.75, 3.05) is 37.9 Å². The minimum absolute atomic E-state index is 0.108. The van der Waals surface area contributed by atoms with E-state index < -0.39 is 14.6 Å². The van der Waals surface area contributed by atoms with Crippen molar-refractivity contribution in [1.82, 2.24) is 19.7 Å². The maximum atomic E-state index is 8.92. The molecule has 2 unspecified atom stereocenters. The van der Waals surface area contributed by atoms with E-state index in [0.717, 1.165) is 11.0 Å². The molecule has 2 aromatic heterocycles. The van der Waals surface area contributed by atoms with Crippen molar-refractivity contribution in [3.63, 3.8) is 0 Å². The number of nitrogens with zero attached hydrogens (tertiary/aromatic N) is 5. The Kier molecular flexibility index (Phi) is 10.0. The largest absolute Gasteiger partial charge is 0.378 e. The van der Waals surface area contributed by atoms with Crippen LogP contribution < -0.4 is 4.90 Å². The minimum atomic E-state index is -1.94. The quantitative estimate of drug-likeness (QED) is 0.199. The van der Waals surface area contributed by atoms with E-state index in [-0.39, 0.29) is 24.2 Å². The van der Waals surface area contributed by atoms with E-state index in [1.165, 1.54) is 0 Å². The molecule has 9 nitrogen and oxygen atoms in total. The second-order valence-corrected chi connectivity index (χ2v) is 8.43. The van der Waals surface area contributed by atoms with Crippen molar-refractivity contribution in [2.45, 2.75) is 26.2 Å². The van der Waals surface area contributed by atoms with Crippen LogP contribution in [0.25, 0.3) is 11.0 Å². The van der Waals surface area contributed by atoms with Gasteiger partial charge in [-0.25, -0.2) is 4.68 Å². The molecule has 2 rings (SSSR count). The van der Waals surface area contributed by atoms with Gasteiger partial charge in [0, 0.05) is 19.8 Å². The molecule has 2 atom stereocenters. The number of fused-ring (bicyclic) bond motifs is 1.